The average Bonchev–Trinajstić information content (AvgIpc) is 2.86. The highest BCUT2D eigenvalue weighted by atomic mass is 16.5. The number of imide groups is 1. The summed E-state index contributed by atoms with van der Waals surface area (Å²) in [6.07, 6.45) is 1.60. The van der Waals surface area contributed by atoms with E-state index in [1.165, 1.54) is 13.2 Å². The van der Waals surface area contributed by atoms with Crippen LogP contribution in [0.1, 0.15) is 51.5 Å². The number of carbonyl (C=O) groups excluding carboxylic acids is 3. The topological polar surface area (TPSA) is 104 Å². The van der Waals surface area contributed by atoms with E-state index in [4.69, 9.17) is 0 Å². The summed E-state index contributed by atoms with van der Waals surface area (Å²) in [6, 6.07) is 2.62. The lowest BCUT2D eigenvalue weighted by atomic mass is 9.79. The van der Waals surface area contributed by atoms with Gasteiger partial charge in [-0.3, -0.25) is 14.4 Å². The van der Waals surface area contributed by atoms with Crippen LogP contribution >= 0.6 is 0 Å². The summed E-state index contributed by atoms with van der Waals surface area (Å²) in [4.78, 5) is 36.1. The van der Waals surface area contributed by atoms with E-state index in [0.717, 1.165) is 11.0 Å². The zero-order valence-electron chi connectivity index (χ0n) is 14.7. The first-order valence-corrected chi connectivity index (χ1v) is 8.16. The number of methoxy groups -OCH3 is 1. The van der Waals surface area contributed by atoms with Gasteiger partial charge in [0.25, 0.3) is 0 Å². The second kappa shape index (κ2) is 7.13. The predicted molar refractivity (Wildman–Crippen MR) is 90.4 cm³/mol. The molecule has 0 saturated carbocycles. The number of amides is 2. The molecule has 25 heavy (non-hydrogen) atoms. The molecule has 2 rings (SSSR count). The van der Waals surface area contributed by atoms with E-state index in [-0.39, 0.29) is 54.2 Å². The number of rotatable bonds is 6. The fourth-order valence-corrected chi connectivity index (χ4v) is 3.04. The van der Waals surface area contributed by atoms with Crippen molar-refractivity contribution in [3.63, 3.8) is 0 Å². The lowest BCUT2D eigenvalue weighted by Crippen LogP contribution is -2.29. The van der Waals surface area contributed by atoms with Gasteiger partial charge in [0.05, 0.1) is 12.8 Å². The number of hydrogen-bond donors (Lipinski definition) is 2. The zero-order chi connectivity index (χ0) is 18.8. The number of phenolic OH excluding ortho intramolecular Hbond substituents is 2. The maximum atomic E-state index is 11.9. The highest BCUT2D eigenvalue weighted by Gasteiger charge is 2.34. The van der Waals surface area contributed by atoms with Gasteiger partial charge in [0, 0.05) is 30.9 Å². The van der Waals surface area contributed by atoms with Gasteiger partial charge in [-0.05, 0) is 24.3 Å². The van der Waals surface area contributed by atoms with E-state index >= 15 is 0 Å². The summed E-state index contributed by atoms with van der Waals surface area (Å²) in [6.45, 7) is 3.77. The van der Waals surface area contributed by atoms with Gasteiger partial charge >= 0.3 is 5.97 Å². The van der Waals surface area contributed by atoms with Gasteiger partial charge < -0.3 is 14.9 Å². The van der Waals surface area contributed by atoms with Crippen LogP contribution < -0.4 is 4.90 Å². The molecule has 7 heteroatoms. The van der Waals surface area contributed by atoms with Crippen LogP contribution in [0.2, 0.25) is 0 Å². The van der Waals surface area contributed by atoms with Crippen molar-refractivity contribution < 1.29 is 29.3 Å². The number of anilines is 1. The summed E-state index contributed by atoms with van der Waals surface area (Å²) in [5.41, 5.74) is 0.0471. The lowest BCUT2D eigenvalue weighted by molar-refractivity contribution is -0.140. The van der Waals surface area contributed by atoms with Gasteiger partial charge in [0.1, 0.15) is 11.5 Å². The maximum Gasteiger partial charge on any atom is 0.305 e. The van der Waals surface area contributed by atoms with E-state index in [0.29, 0.717) is 18.4 Å². The minimum atomic E-state index is -0.535. The SMILES string of the molecule is COC(=O)CCCC(C)(C)c1cc(N2C(=O)CCC2=O)c(O)cc1O. The number of hydrogen-bond acceptors (Lipinski definition) is 6. The number of esters is 1. The first kappa shape index (κ1) is 18.8. The highest BCUT2D eigenvalue weighted by Crippen LogP contribution is 2.42. The smallest absolute Gasteiger partial charge is 0.305 e. The quantitative estimate of drug-likeness (QED) is 0.603. The van der Waals surface area contributed by atoms with E-state index in [9.17, 15) is 24.6 Å². The number of benzene rings is 1. The third kappa shape index (κ3) is 3.92. The van der Waals surface area contributed by atoms with Crippen molar-refractivity contribution in [1.29, 1.82) is 0 Å². The van der Waals surface area contributed by atoms with Crippen LogP contribution in [0.3, 0.4) is 0 Å². The molecule has 1 heterocycles. The maximum absolute atomic E-state index is 11.9. The normalized spacial score (nSPS) is 14.9. The average molecular weight is 349 g/mol. The van der Waals surface area contributed by atoms with Gasteiger partial charge in [-0.2, -0.15) is 0 Å². The Hall–Kier alpha value is -2.57. The van der Waals surface area contributed by atoms with Gasteiger partial charge in [-0.1, -0.05) is 13.8 Å². The second-order valence-corrected chi connectivity index (χ2v) is 6.79. The van der Waals surface area contributed by atoms with E-state index < -0.39 is 5.41 Å². The van der Waals surface area contributed by atoms with Gasteiger partial charge in [-0.25, -0.2) is 4.90 Å². The Morgan fingerprint density at radius 3 is 2.32 bits per heavy atom. The monoisotopic (exact) mass is 349 g/mol. The summed E-state index contributed by atoms with van der Waals surface area (Å²) in [7, 11) is 1.33. The Morgan fingerprint density at radius 1 is 1.16 bits per heavy atom. The molecule has 0 spiro atoms. The molecule has 0 atom stereocenters. The largest absolute Gasteiger partial charge is 0.508 e. The minimum absolute atomic E-state index is 0.0846. The Balaban J connectivity index is 2.31. The zero-order valence-corrected chi connectivity index (χ0v) is 14.7. The van der Waals surface area contributed by atoms with Gasteiger partial charge in [-0.15, -0.1) is 0 Å². The Bertz CT molecular complexity index is 694. The molecule has 2 amide bonds. The van der Waals surface area contributed by atoms with Crippen molar-refractivity contribution in [2.24, 2.45) is 0 Å². The molecule has 1 aromatic rings. The lowest BCUT2D eigenvalue weighted by Gasteiger charge is -2.28. The molecule has 0 unspecified atom stereocenters. The summed E-state index contributed by atoms with van der Waals surface area (Å²) in [5.74, 6) is -1.50. The van der Waals surface area contributed by atoms with Crippen molar-refractivity contribution in [3.05, 3.63) is 17.7 Å². The van der Waals surface area contributed by atoms with Crippen LogP contribution in [0.5, 0.6) is 11.5 Å². The van der Waals surface area contributed by atoms with Crippen molar-refractivity contribution in [3.8, 4) is 11.5 Å². The highest BCUT2D eigenvalue weighted by molar-refractivity contribution is 6.20. The van der Waals surface area contributed by atoms with Gasteiger partial charge in [0.15, 0.2) is 0 Å². The molecule has 136 valence electrons. The Kier molecular flexibility index (Phi) is 5.35. The van der Waals surface area contributed by atoms with Gasteiger partial charge in [0.2, 0.25) is 11.8 Å². The second-order valence-electron chi connectivity index (χ2n) is 6.79. The summed E-state index contributed by atoms with van der Waals surface area (Å²) >= 11 is 0. The molecule has 0 aromatic heterocycles. The fraction of sp³-hybridized carbons (Fsp3) is 0.500. The molecule has 1 fully saturated rings. The summed E-state index contributed by atoms with van der Waals surface area (Å²) in [5, 5.41) is 20.3. The molecule has 7 nitrogen and oxygen atoms in total. The van der Waals surface area contributed by atoms with E-state index in [1.807, 2.05) is 13.8 Å². The van der Waals surface area contributed by atoms with Crippen LogP contribution in [0.4, 0.5) is 5.69 Å². The van der Waals surface area contributed by atoms with Crippen LogP contribution in [-0.2, 0) is 24.5 Å². The predicted octanol–water partition coefficient (Wildman–Crippen LogP) is 2.37. The van der Waals surface area contributed by atoms with E-state index in [1.54, 1.807) is 0 Å². The Labute approximate surface area is 146 Å². The third-order valence-corrected chi connectivity index (χ3v) is 4.52. The fourth-order valence-electron chi connectivity index (χ4n) is 3.04. The van der Waals surface area contributed by atoms with Crippen LogP contribution in [0.25, 0.3) is 0 Å². The van der Waals surface area contributed by atoms with Crippen molar-refractivity contribution in [2.45, 2.75) is 51.4 Å². The number of phenols is 2. The van der Waals surface area contributed by atoms with Crippen molar-refractivity contribution >= 4 is 23.5 Å². The molecule has 1 aliphatic rings. The number of ether oxygens (including phenoxy) is 1. The molecule has 1 aromatic carbocycles. The first-order chi connectivity index (χ1) is 11.7. The van der Waals surface area contributed by atoms with E-state index in [2.05, 4.69) is 4.74 Å². The number of carbonyl (C=O) groups is 3. The number of nitrogens with zero attached hydrogens (tertiary/aromatic N) is 1. The van der Waals surface area contributed by atoms with Crippen LogP contribution in [0, 0.1) is 0 Å². The van der Waals surface area contributed by atoms with Crippen LogP contribution in [0.15, 0.2) is 12.1 Å². The van der Waals surface area contributed by atoms with Crippen LogP contribution in [-0.4, -0.2) is 35.1 Å². The molecule has 1 saturated heterocycles. The first-order valence-electron chi connectivity index (χ1n) is 8.16. The Morgan fingerprint density at radius 2 is 1.76 bits per heavy atom. The van der Waals surface area contributed by atoms with Crippen molar-refractivity contribution in [2.75, 3.05) is 12.0 Å². The molecular weight excluding hydrogens is 326 g/mol. The third-order valence-electron chi connectivity index (χ3n) is 4.52. The number of aromatic hydroxyl groups is 2. The molecule has 0 radical (unpaired) electrons. The molecule has 2 N–H and O–H groups in total. The molecular formula is C18H23NO6. The summed E-state index contributed by atoms with van der Waals surface area (Å²) < 4.78 is 4.62. The van der Waals surface area contributed by atoms with Crippen molar-refractivity contribution in [1.82, 2.24) is 0 Å². The molecule has 0 bridgehead atoms. The standard InChI is InChI=1S/C18H23NO6/c1-18(2,8-4-5-17(24)25-3)11-9-12(14(21)10-13(11)20)19-15(22)6-7-16(19)23/h9-10,20-21H,4-8H2,1-3H3. The molecule has 0 aliphatic carbocycles. The minimum Gasteiger partial charge on any atom is -0.508 e. The molecule has 1 aliphatic heterocycles.